The largest absolute Gasteiger partial charge is 0.375 e. The molecule has 1 aliphatic carbocycles. The van der Waals surface area contributed by atoms with Crippen molar-refractivity contribution >= 4 is 0 Å². The van der Waals surface area contributed by atoms with Crippen molar-refractivity contribution in [1.82, 2.24) is 5.32 Å². The molecule has 1 heterocycles. The van der Waals surface area contributed by atoms with Gasteiger partial charge in [-0.1, -0.05) is 12.1 Å². The van der Waals surface area contributed by atoms with Crippen molar-refractivity contribution in [3.63, 3.8) is 0 Å². The first kappa shape index (κ1) is 14.0. The Balaban J connectivity index is 1.65. The average molecular weight is 277 g/mol. The van der Waals surface area contributed by atoms with E-state index < -0.39 is 0 Å². The Morgan fingerprint density at radius 1 is 1.35 bits per heavy atom. The summed E-state index contributed by atoms with van der Waals surface area (Å²) in [6.07, 6.45) is 7.06. The maximum Gasteiger partial charge on any atom is 0.123 e. The quantitative estimate of drug-likeness (QED) is 0.911. The van der Waals surface area contributed by atoms with E-state index in [9.17, 15) is 4.39 Å². The van der Waals surface area contributed by atoms with Crippen molar-refractivity contribution in [2.24, 2.45) is 5.92 Å². The molecule has 0 aromatic heterocycles. The van der Waals surface area contributed by atoms with Gasteiger partial charge in [-0.25, -0.2) is 4.39 Å². The molecular weight excluding hydrogens is 253 g/mol. The third-order valence-corrected chi connectivity index (χ3v) is 5.10. The lowest BCUT2D eigenvalue weighted by Gasteiger charge is -2.48. The molecule has 2 aliphatic rings. The Labute approximate surface area is 120 Å². The second-order valence-electron chi connectivity index (χ2n) is 6.36. The lowest BCUT2D eigenvalue weighted by molar-refractivity contribution is -0.146. The minimum atomic E-state index is -0.158. The van der Waals surface area contributed by atoms with Crippen molar-refractivity contribution in [3.05, 3.63) is 35.6 Å². The van der Waals surface area contributed by atoms with Gasteiger partial charge in [0.2, 0.25) is 0 Å². The van der Waals surface area contributed by atoms with Crippen LogP contribution in [0.15, 0.2) is 24.3 Å². The number of likely N-dealkylation sites (N-methyl/N-ethyl adjacent to an activating group) is 1. The summed E-state index contributed by atoms with van der Waals surface area (Å²) in [6, 6.07) is 7.37. The summed E-state index contributed by atoms with van der Waals surface area (Å²) in [5.74, 6) is 0.508. The maximum atomic E-state index is 13.0. The fourth-order valence-corrected chi connectivity index (χ4v) is 3.71. The van der Waals surface area contributed by atoms with Gasteiger partial charge < -0.3 is 10.1 Å². The summed E-state index contributed by atoms with van der Waals surface area (Å²) in [4.78, 5) is 0. The molecule has 1 aromatic rings. The molecule has 1 aliphatic heterocycles. The third-order valence-electron chi connectivity index (χ3n) is 5.10. The predicted octanol–water partition coefficient (Wildman–Crippen LogP) is 3.31. The first-order valence-corrected chi connectivity index (χ1v) is 7.76. The fourth-order valence-electron chi connectivity index (χ4n) is 3.71. The van der Waals surface area contributed by atoms with Crippen LogP contribution in [0.25, 0.3) is 0 Å². The summed E-state index contributed by atoms with van der Waals surface area (Å²) < 4.78 is 19.0. The molecule has 0 bridgehead atoms. The van der Waals surface area contributed by atoms with E-state index in [1.54, 1.807) is 12.1 Å². The van der Waals surface area contributed by atoms with Gasteiger partial charge in [-0.15, -0.1) is 0 Å². The van der Waals surface area contributed by atoms with E-state index in [-0.39, 0.29) is 11.4 Å². The average Bonchev–Trinajstić information content (AvgIpc) is 2.45. The van der Waals surface area contributed by atoms with E-state index >= 15 is 0 Å². The lowest BCUT2D eigenvalue weighted by atomic mass is 9.70. The number of halogens is 1. The van der Waals surface area contributed by atoms with E-state index in [4.69, 9.17) is 4.74 Å². The second-order valence-corrected chi connectivity index (χ2v) is 6.36. The van der Waals surface area contributed by atoms with Crippen LogP contribution in [0, 0.1) is 11.7 Å². The highest BCUT2D eigenvalue weighted by Gasteiger charge is 2.43. The highest BCUT2D eigenvalue weighted by Crippen LogP contribution is 2.45. The van der Waals surface area contributed by atoms with Crippen LogP contribution in [0.4, 0.5) is 4.39 Å². The molecule has 1 spiro atoms. The van der Waals surface area contributed by atoms with Gasteiger partial charge in [0.15, 0.2) is 0 Å². The van der Waals surface area contributed by atoms with Gasteiger partial charge in [-0.05, 0) is 69.2 Å². The van der Waals surface area contributed by atoms with Crippen LogP contribution in [0.3, 0.4) is 0 Å². The van der Waals surface area contributed by atoms with Gasteiger partial charge in [0.25, 0.3) is 0 Å². The number of rotatable bonds is 4. The zero-order chi connectivity index (χ0) is 14.0. The van der Waals surface area contributed by atoms with Crippen molar-refractivity contribution in [2.45, 2.75) is 50.2 Å². The van der Waals surface area contributed by atoms with Crippen LogP contribution < -0.4 is 5.32 Å². The van der Waals surface area contributed by atoms with Crippen molar-refractivity contribution in [2.75, 3.05) is 13.7 Å². The number of ether oxygens (including phenoxy) is 1. The second kappa shape index (κ2) is 5.82. The molecule has 20 heavy (non-hydrogen) atoms. The molecule has 0 amide bonds. The highest BCUT2D eigenvalue weighted by atomic mass is 19.1. The predicted molar refractivity (Wildman–Crippen MR) is 78.2 cm³/mol. The van der Waals surface area contributed by atoms with E-state index in [0.717, 1.165) is 19.4 Å². The summed E-state index contributed by atoms with van der Waals surface area (Å²) in [5, 5.41) is 3.47. The van der Waals surface area contributed by atoms with Crippen LogP contribution in [-0.4, -0.2) is 25.3 Å². The zero-order valence-electron chi connectivity index (χ0n) is 12.2. The molecule has 110 valence electrons. The Morgan fingerprint density at radius 2 is 2.10 bits per heavy atom. The van der Waals surface area contributed by atoms with Gasteiger partial charge in [0.1, 0.15) is 5.82 Å². The van der Waals surface area contributed by atoms with Crippen LogP contribution in [0.1, 0.15) is 37.7 Å². The van der Waals surface area contributed by atoms with Gasteiger partial charge in [-0.3, -0.25) is 0 Å². The smallest absolute Gasteiger partial charge is 0.123 e. The van der Waals surface area contributed by atoms with Gasteiger partial charge in [0.05, 0.1) is 5.60 Å². The Bertz CT molecular complexity index is 441. The molecule has 2 atom stereocenters. The molecule has 1 saturated carbocycles. The van der Waals surface area contributed by atoms with Crippen LogP contribution >= 0.6 is 0 Å². The Morgan fingerprint density at radius 3 is 2.70 bits per heavy atom. The van der Waals surface area contributed by atoms with Crippen LogP contribution in [-0.2, 0) is 11.2 Å². The molecule has 1 saturated heterocycles. The Hall–Kier alpha value is -0.930. The van der Waals surface area contributed by atoms with Crippen molar-refractivity contribution in [3.8, 4) is 0 Å². The summed E-state index contributed by atoms with van der Waals surface area (Å²) >= 11 is 0. The molecule has 0 radical (unpaired) electrons. The molecule has 2 fully saturated rings. The van der Waals surface area contributed by atoms with Crippen molar-refractivity contribution in [1.29, 1.82) is 0 Å². The Kier molecular flexibility index (Phi) is 4.08. The first-order chi connectivity index (χ1) is 9.71. The van der Waals surface area contributed by atoms with E-state index in [2.05, 4.69) is 5.32 Å². The SMILES string of the molecule is CNC(Cc1ccc(F)cc1)C1CCOC2(CCC2)C1. The number of nitrogens with one attached hydrogen (secondary N) is 1. The van der Waals surface area contributed by atoms with E-state index in [0.29, 0.717) is 12.0 Å². The van der Waals surface area contributed by atoms with Gasteiger partial charge in [0, 0.05) is 12.6 Å². The standard InChI is InChI=1S/C17H24FNO/c1-19-16(11-13-3-5-15(18)6-4-13)14-7-10-20-17(12-14)8-2-9-17/h3-6,14,16,19H,2,7-12H2,1H3. The molecule has 1 aromatic carbocycles. The maximum absolute atomic E-state index is 13.0. The third kappa shape index (κ3) is 2.89. The molecular formula is C17H24FNO. The number of benzene rings is 1. The minimum absolute atomic E-state index is 0.158. The van der Waals surface area contributed by atoms with Crippen LogP contribution in [0.5, 0.6) is 0 Å². The monoisotopic (exact) mass is 277 g/mol. The van der Waals surface area contributed by atoms with Crippen LogP contribution in [0.2, 0.25) is 0 Å². The molecule has 3 heteroatoms. The highest BCUT2D eigenvalue weighted by molar-refractivity contribution is 5.17. The summed E-state index contributed by atoms with van der Waals surface area (Å²) in [7, 11) is 2.04. The van der Waals surface area contributed by atoms with E-state index in [1.807, 2.05) is 19.2 Å². The molecule has 1 N–H and O–H groups in total. The number of hydrogen-bond donors (Lipinski definition) is 1. The first-order valence-electron chi connectivity index (χ1n) is 7.76. The molecule has 2 nitrogen and oxygen atoms in total. The summed E-state index contributed by atoms with van der Waals surface area (Å²) in [5.41, 5.74) is 1.40. The van der Waals surface area contributed by atoms with Gasteiger partial charge >= 0.3 is 0 Å². The van der Waals surface area contributed by atoms with E-state index in [1.165, 1.54) is 31.2 Å². The normalized spacial score (nSPS) is 26.2. The lowest BCUT2D eigenvalue weighted by Crippen LogP contribution is -2.50. The zero-order valence-corrected chi connectivity index (χ0v) is 12.2. The number of hydrogen-bond acceptors (Lipinski definition) is 2. The fraction of sp³-hybridized carbons (Fsp3) is 0.647. The molecule has 3 rings (SSSR count). The van der Waals surface area contributed by atoms with Crippen molar-refractivity contribution < 1.29 is 9.13 Å². The van der Waals surface area contributed by atoms with Gasteiger partial charge in [-0.2, -0.15) is 0 Å². The molecule has 2 unspecified atom stereocenters. The summed E-state index contributed by atoms with van der Waals surface area (Å²) in [6.45, 7) is 0.895. The topological polar surface area (TPSA) is 21.3 Å². The minimum Gasteiger partial charge on any atom is -0.375 e.